The number of Topliss-reactive ketones (excluding diaryl/α,β-unsaturated/α-hetero) is 1. The van der Waals surface area contributed by atoms with Crippen LogP contribution in [0.3, 0.4) is 0 Å². The second kappa shape index (κ2) is 11.1. The van der Waals surface area contributed by atoms with Crippen LogP contribution in [0.5, 0.6) is 0 Å². The number of likely N-dealkylation sites (N-methyl/N-ethyl adjacent to an activating group) is 2. The molecule has 1 aliphatic heterocycles. The van der Waals surface area contributed by atoms with E-state index in [-0.39, 0.29) is 0 Å². The van der Waals surface area contributed by atoms with Crippen molar-refractivity contribution in [2.24, 2.45) is 5.92 Å². The highest BCUT2D eigenvalue weighted by Gasteiger charge is 2.46. The molecule has 0 unspecified atom stereocenters. The van der Waals surface area contributed by atoms with Crippen molar-refractivity contribution >= 4 is 17.6 Å². The van der Waals surface area contributed by atoms with Gasteiger partial charge in [-0.3, -0.25) is 14.4 Å². The summed E-state index contributed by atoms with van der Waals surface area (Å²) in [6, 6.07) is 14.8. The number of nitrogens with zero attached hydrogens (tertiary/aromatic N) is 1. The third-order valence-corrected chi connectivity index (χ3v) is 6.32. The first-order valence-corrected chi connectivity index (χ1v) is 11.2. The van der Waals surface area contributed by atoms with Gasteiger partial charge < -0.3 is 20.1 Å². The minimum atomic E-state index is -1.82. The molecular formula is C27H30N2O5. The molecule has 34 heavy (non-hydrogen) atoms. The number of carbonyl (C=O) groups excluding carboxylic acids is 3. The summed E-state index contributed by atoms with van der Waals surface area (Å²) in [6.45, 7) is 2.21. The maximum atomic E-state index is 12.9. The van der Waals surface area contributed by atoms with Crippen molar-refractivity contribution in [1.82, 2.24) is 10.2 Å². The van der Waals surface area contributed by atoms with Gasteiger partial charge in [-0.1, -0.05) is 24.0 Å². The van der Waals surface area contributed by atoms with Crippen LogP contribution in [0.15, 0.2) is 48.5 Å². The van der Waals surface area contributed by atoms with E-state index in [0.29, 0.717) is 11.5 Å². The highest BCUT2D eigenvalue weighted by atomic mass is 16.5. The van der Waals surface area contributed by atoms with Crippen molar-refractivity contribution in [1.29, 1.82) is 0 Å². The molecule has 178 valence electrons. The lowest BCUT2D eigenvalue weighted by molar-refractivity contribution is -0.143. The largest absolute Gasteiger partial charge is 0.388 e. The zero-order chi connectivity index (χ0) is 24.7. The lowest BCUT2D eigenvalue weighted by Gasteiger charge is -2.35. The molecule has 0 radical (unpaired) electrons. The molecule has 1 heterocycles. The Morgan fingerprint density at radius 2 is 1.62 bits per heavy atom. The summed E-state index contributed by atoms with van der Waals surface area (Å²) in [5, 5.41) is 11.7. The van der Waals surface area contributed by atoms with E-state index < -0.39 is 29.7 Å². The molecule has 0 aliphatic carbocycles. The third-order valence-electron chi connectivity index (χ3n) is 6.32. The number of amides is 2. The van der Waals surface area contributed by atoms with Crippen molar-refractivity contribution in [3.8, 4) is 11.8 Å². The number of hydrogen-bond acceptors (Lipinski definition) is 5. The minimum Gasteiger partial charge on any atom is -0.388 e. The van der Waals surface area contributed by atoms with Crippen LogP contribution in [-0.4, -0.2) is 67.1 Å². The Kier molecular flexibility index (Phi) is 8.21. The smallest absolute Gasteiger partial charge is 0.254 e. The standard InChI is InChI=1S/C27H30N2O5/c1-27(24(31)16-30,26(33)28-2)29(3)25(32)23-14-12-21(13-15-23)9-8-19-4-6-20(7-5-19)10-11-22-17-34-18-22/h4-7,12-15,22,30H,10-11,16-18H2,1-3H3,(H,28,33)/t27-/m1/s1. The van der Waals surface area contributed by atoms with Crippen LogP contribution in [0, 0.1) is 17.8 Å². The van der Waals surface area contributed by atoms with E-state index in [2.05, 4.69) is 29.3 Å². The lowest BCUT2D eigenvalue weighted by atomic mass is 9.92. The first-order valence-electron chi connectivity index (χ1n) is 11.2. The number of aliphatic hydroxyl groups is 1. The molecule has 0 aromatic heterocycles. The molecule has 2 aromatic rings. The number of benzene rings is 2. The summed E-state index contributed by atoms with van der Waals surface area (Å²) in [4.78, 5) is 38.6. The van der Waals surface area contributed by atoms with Crippen molar-refractivity contribution in [3.05, 3.63) is 70.8 Å². The zero-order valence-corrected chi connectivity index (χ0v) is 19.8. The molecule has 3 rings (SSSR count). The Labute approximate surface area is 200 Å². The summed E-state index contributed by atoms with van der Waals surface area (Å²) in [5.41, 5.74) is 1.40. The molecule has 0 spiro atoms. The van der Waals surface area contributed by atoms with Gasteiger partial charge in [-0.2, -0.15) is 0 Å². The Bertz CT molecular complexity index is 1080. The van der Waals surface area contributed by atoms with Gasteiger partial charge in [0.15, 0.2) is 11.3 Å². The first-order chi connectivity index (χ1) is 16.3. The highest BCUT2D eigenvalue weighted by Crippen LogP contribution is 2.20. The Balaban J connectivity index is 1.66. The summed E-state index contributed by atoms with van der Waals surface area (Å²) in [6.07, 6.45) is 2.18. The van der Waals surface area contributed by atoms with Crippen LogP contribution in [0.2, 0.25) is 0 Å². The van der Waals surface area contributed by atoms with E-state index >= 15 is 0 Å². The van der Waals surface area contributed by atoms with Gasteiger partial charge in [0.25, 0.3) is 11.8 Å². The lowest BCUT2D eigenvalue weighted by Crippen LogP contribution is -2.62. The van der Waals surface area contributed by atoms with Gasteiger partial charge in [0.2, 0.25) is 0 Å². The van der Waals surface area contributed by atoms with Gasteiger partial charge in [-0.25, -0.2) is 0 Å². The zero-order valence-electron chi connectivity index (χ0n) is 19.8. The predicted octanol–water partition coefficient (Wildman–Crippen LogP) is 1.80. The van der Waals surface area contributed by atoms with Crippen LogP contribution in [0.4, 0.5) is 0 Å². The van der Waals surface area contributed by atoms with Crippen molar-refractivity contribution in [3.63, 3.8) is 0 Å². The van der Waals surface area contributed by atoms with Crippen LogP contribution in [-0.2, 0) is 20.7 Å². The molecule has 1 fully saturated rings. The number of hydrogen-bond donors (Lipinski definition) is 2. The fraction of sp³-hybridized carbons (Fsp3) is 0.370. The molecule has 0 saturated carbocycles. The monoisotopic (exact) mass is 462 g/mol. The second-order valence-corrected chi connectivity index (χ2v) is 8.56. The van der Waals surface area contributed by atoms with Gasteiger partial charge in [0.1, 0.15) is 6.61 Å². The number of aliphatic hydroxyl groups excluding tert-OH is 1. The number of ketones is 1. The molecule has 1 saturated heterocycles. The van der Waals surface area contributed by atoms with E-state index in [9.17, 15) is 19.5 Å². The molecular weight excluding hydrogens is 432 g/mol. The number of carbonyl (C=O) groups is 3. The fourth-order valence-electron chi connectivity index (χ4n) is 3.68. The van der Waals surface area contributed by atoms with Crippen molar-refractivity contribution in [2.75, 3.05) is 33.9 Å². The van der Waals surface area contributed by atoms with Gasteiger partial charge in [-0.15, -0.1) is 0 Å². The summed E-state index contributed by atoms with van der Waals surface area (Å²) >= 11 is 0. The minimum absolute atomic E-state index is 0.301. The predicted molar refractivity (Wildman–Crippen MR) is 128 cm³/mol. The number of nitrogens with one attached hydrogen (secondary N) is 1. The van der Waals surface area contributed by atoms with E-state index in [1.54, 1.807) is 24.3 Å². The van der Waals surface area contributed by atoms with Crippen molar-refractivity contribution in [2.45, 2.75) is 25.3 Å². The summed E-state index contributed by atoms with van der Waals surface area (Å²) in [7, 11) is 2.73. The van der Waals surface area contributed by atoms with E-state index in [1.165, 1.54) is 26.6 Å². The van der Waals surface area contributed by atoms with Crippen LogP contribution in [0.1, 0.15) is 40.4 Å². The molecule has 7 heteroatoms. The summed E-state index contributed by atoms with van der Waals surface area (Å²) in [5.74, 6) is 4.93. The SMILES string of the molecule is CNC(=O)[C@@](C)(C(=O)CO)N(C)C(=O)c1ccc(C#Cc2ccc(CCC3COC3)cc2)cc1. The number of rotatable bonds is 8. The number of aryl methyl sites for hydroxylation is 1. The Morgan fingerprint density at radius 1 is 1.06 bits per heavy atom. The molecule has 7 nitrogen and oxygen atoms in total. The third kappa shape index (κ3) is 5.53. The topological polar surface area (TPSA) is 95.9 Å². The average Bonchev–Trinajstić information content (AvgIpc) is 2.85. The Hall–Kier alpha value is -3.47. The van der Waals surface area contributed by atoms with E-state index in [0.717, 1.165) is 42.1 Å². The first kappa shape index (κ1) is 25.2. The maximum Gasteiger partial charge on any atom is 0.254 e. The van der Waals surface area contributed by atoms with E-state index in [4.69, 9.17) is 4.74 Å². The summed E-state index contributed by atoms with van der Waals surface area (Å²) < 4.78 is 5.21. The van der Waals surface area contributed by atoms with Gasteiger partial charge >= 0.3 is 0 Å². The quantitative estimate of drug-likeness (QED) is 0.461. The number of ether oxygens (including phenoxy) is 1. The molecule has 2 aromatic carbocycles. The average molecular weight is 463 g/mol. The normalized spacial score (nSPS) is 14.7. The van der Waals surface area contributed by atoms with Gasteiger partial charge in [-0.05, 0) is 61.7 Å². The maximum absolute atomic E-state index is 12.9. The van der Waals surface area contributed by atoms with Gasteiger partial charge in [0, 0.05) is 36.7 Å². The fourth-order valence-corrected chi connectivity index (χ4v) is 3.68. The second-order valence-electron chi connectivity index (χ2n) is 8.56. The van der Waals surface area contributed by atoms with Gasteiger partial charge in [0.05, 0.1) is 13.2 Å². The van der Waals surface area contributed by atoms with Crippen LogP contribution < -0.4 is 5.32 Å². The molecule has 2 N–H and O–H groups in total. The van der Waals surface area contributed by atoms with Crippen molar-refractivity contribution < 1.29 is 24.2 Å². The Morgan fingerprint density at radius 3 is 2.09 bits per heavy atom. The van der Waals surface area contributed by atoms with Crippen LogP contribution in [0.25, 0.3) is 0 Å². The molecule has 0 bridgehead atoms. The van der Waals surface area contributed by atoms with E-state index in [1.807, 2.05) is 12.1 Å². The molecule has 1 aliphatic rings. The molecule has 2 amide bonds. The highest BCUT2D eigenvalue weighted by molar-refractivity contribution is 6.14. The molecule has 1 atom stereocenters. The van der Waals surface area contributed by atoms with Crippen LogP contribution >= 0.6 is 0 Å².